The Morgan fingerprint density at radius 1 is 1.43 bits per heavy atom. The van der Waals surface area contributed by atoms with Crippen molar-refractivity contribution in [3.8, 4) is 0 Å². The van der Waals surface area contributed by atoms with Gasteiger partial charge in [0.1, 0.15) is 5.69 Å². The maximum absolute atomic E-state index is 12.5. The molecule has 5 heteroatoms. The molecule has 0 bridgehead atoms. The monoisotopic (exact) mass is 303 g/mol. The number of aromatic nitrogens is 1. The summed E-state index contributed by atoms with van der Waals surface area (Å²) < 4.78 is 0. The maximum atomic E-state index is 12.5. The molecule has 1 amide bonds. The van der Waals surface area contributed by atoms with Crippen LogP contribution in [0.1, 0.15) is 23.8 Å². The van der Waals surface area contributed by atoms with Gasteiger partial charge < -0.3 is 10.6 Å². The van der Waals surface area contributed by atoms with Gasteiger partial charge in [-0.15, -0.1) is 0 Å². The lowest BCUT2D eigenvalue weighted by Gasteiger charge is -2.24. The van der Waals surface area contributed by atoms with E-state index in [1.54, 1.807) is 22.7 Å². The fraction of sp³-hybridized carbons (Fsp3) is 0.375. The molecule has 0 saturated heterocycles. The van der Waals surface area contributed by atoms with Crippen LogP contribution in [0.15, 0.2) is 30.3 Å². The first-order chi connectivity index (χ1) is 10.0. The molecule has 2 aromatic rings. The zero-order chi connectivity index (χ0) is 15.4. The highest BCUT2D eigenvalue weighted by Crippen LogP contribution is 2.21. The van der Waals surface area contributed by atoms with Crippen LogP contribution in [0, 0.1) is 0 Å². The Bertz CT molecular complexity index is 644. The van der Waals surface area contributed by atoms with E-state index < -0.39 is 0 Å². The first-order valence-electron chi connectivity index (χ1n) is 6.96. The lowest BCUT2D eigenvalue weighted by atomic mass is 10.1. The van der Waals surface area contributed by atoms with Crippen LogP contribution in [-0.2, 0) is 0 Å². The molecule has 0 aliphatic rings. The van der Waals surface area contributed by atoms with Crippen molar-refractivity contribution in [2.24, 2.45) is 0 Å². The molecule has 21 heavy (non-hydrogen) atoms. The molecular formula is C16H21N3OS. The predicted octanol–water partition coefficient (Wildman–Crippen LogP) is 3.03. The molecule has 0 spiro atoms. The Labute approximate surface area is 129 Å². The summed E-state index contributed by atoms with van der Waals surface area (Å²) in [5.74, 6) is 0.951. The summed E-state index contributed by atoms with van der Waals surface area (Å²) in [6, 6.07) is 9.45. The lowest BCUT2D eigenvalue weighted by molar-refractivity contribution is 0.0736. The topological polar surface area (TPSA) is 59.2 Å². The highest BCUT2D eigenvalue weighted by Gasteiger charge is 2.19. The van der Waals surface area contributed by atoms with E-state index in [9.17, 15) is 4.79 Å². The first-order valence-corrected chi connectivity index (χ1v) is 8.35. The van der Waals surface area contributed by atoms with E-state index >= 15 is 0 Å². The van der Waals surface area contributed by atoms with Crippen LogP contribution in [0.25, 0.3) is 10.9 Å². The number of hydrogen-bond donors (Lipinski definition) is 1. The van der Waals surface area contributed by atoms with E-state index in [1.165, 1.54) is 0 Å². The van der Waals surface area contributed by atoms with E-state index in [-0.39, 0.29) is 11.9 Å². The number of hydrogen-bond acceptors (Lipinski definition) is 4. The zero-order valence-electron chi connectivity index (χ0n) is 12.7. The Morgan fingerprint density at radius 3 is 2.86 bits per heavy atom. The second-order valence-electron chi connectivity index (χ2n) is 5.16. The summed E-state index contributed by atoms with van der Waals surface area (Å²) >= 11 is 1.79. The fourth-order valence-corrected chi connectivity index (χ4v) is 2.75. The first kappa shape index (κ1) is 15.6. The SMILES string of the molecule is CSCCC(C)N(C)C(=O)c1cc(N)c2ccccc2n1. The average Bonchev–Trinajstić information content (AvgIpc) is 2.51. The summed E-state index contributed by atoms with van der Waals surface area (Å²) in [6.07, 6.45) is 3.03. The minimum absolute atomic E-state index is 0.0824. The highest BCUT2D eigenvalue weighted by molar-refractivity contribution is 7.98. The number of nitrogen functional groups attached to an aromatic ring is 1. The summed E-state index contributed by atoms with van der Waals surface area (Å²) in [5, 5.41) is 0.882. The number of amides is 1. The van der Waals surface area contributed by atoms with Gasteiger partial charge in [-0.1, -0.05) is 18.2 Å². The maximum Gasteiger partial charge on any atom is 0.272 e. The minimum atomic E-state index is -0.0824. The van der Waals surface area contributed by atoms with Crippen LogP contribution < -0.4 is 5.73 Å². The molecule has 1 atom stereocenters. The standard InChI is InChI=1S/C16H21N3OS/c1-11(8-9-21-3)19(2)16(20)15-10-13(17)12-6-4-5-7-14(12)18-15/h4-7,10-11H,8-9H2,1-3H3,(H2,17,18). The predicted molar refractivity (Wildman–Crippen MR) is 90.7 cm³/mol. The van der Waals surface area contributed by atoms with Gasteiger partial charge in [0, 0.05) is 24.2 Å². The molecule has 1 heterocycles. The largest absolute Gasteiger partial charge is 0.398 e. The molecule has 0 aliphatic heterocycles. The smallest absolute Gasteiger partial charge is 0.272 e. The molecule has 1 aromatic carbocycles. The third kappa shape index (κ3) is 3.47. The van der Waals surface area contributed by atoms with Gasteiger partial charge in [0.2, 0.25) is 0 Å². The van der Waals surface area contributed by atoms with Crippen molar-refractivity contribution in [1.29, 1.82) is 0 Å². The summed E-state index contributed by atoms with van der Waals surface area (Å²) in [6.45, 7) is 2.05. The Hall–Kier alpha value is -1.75. The quantitative estimate of drug-likeness (QED) is 0.922. The number of para-hydroxylation sites is 1. The van der Waals surface area contributed by atoms with E-state index in [4.69, 9.17) is 5.73 Å². The number of carbonyl (C=O) groups is 1. The number of anilines is 1. The van der Waals surface area contributed by atoms with Crippen molar-refractivity contribution in [1.82, 2.24) is 9.88 Å². The van der Waals surface area contributed by atoms with Gasteiger partial charge in [0.25, 0.3) is 5.91 Å². The Kier molecular flexibility index (Phi) is 5.07. The van der Waals surface area contributed by atoms with E-state index in [0.29, 0.717) is 11.4 Å². The van der Waals surface area contributed by atoms with Crippen molar-refractivity contribution in [3.63, 3.8) is 0 Å². The van der Waals surface area contributed by atoms with Gasteiger partial charge in [-0.2, -0.15) is 11.8 Å². The van der Waals surface area contributed by atoms with E-state index in [1.807, 2.05) is 31.3 Å². The van der Waals surface area contributed by atoms with Crippen LogP contribution >= 0.6 is 11.8 Å². The molecular weight excluding hydrogens is 282 g/mol. The fourth-order valence-electron chi connectivity index (χ4n) is 2.17. The van der Waals surface area contributed by atoms with Crippen molar-refractivity contribution in [2.45, 2.75) is 19.4 Å². The van der Waals surface area contributed by atoms with Crippen molar-refractivity contribution < 1.29 is 4.79 Å². The van der Waals surface area contributed by atoms with Crippen molar-refractivity contribution in [2.75, 3.05) is 24.8 Å². The zero-order valence-corrected chi connectivity index (χ0v) is 13.5. The number of pyridine rings is 1. The second-order valence-corrected chi connectivity index (χ2v) is 6.15. The molecule has 0 saturated carbocycles. The number of rotatable bonds is 5. The Balaban J connectivity index is 2.27. The average molecular weight is 303 g/mol. The van der Waals surface area contributed by atoms with Gasteiger partial charge in [0.05, 0.1) is 5.52 Å². The molecule has 2 rings (SSSR count). The van der Waals surface area contributed by atoms with Crippen LogP contribution in [0.4, 0.5) is 5.69 Å². The Morgan fingerprint density at radius 2 is 2.14 bits per heavy atom. The highest BCUT2D eigenvalue weighted by atomic mass is 32.2. The van der Waals surface area contributed by atoms with Crippen molar-refractivity contribution >= 4 is 34.3 Å². The second kappa shape index (κ2) is 6.80. The molecule has 0 fully saturated rings. The third-order valence-corrected chi connectivity index (χ3v) is 4.33. The number of nitrogens with two attached hydrogens (primary N) is 1. The van der Waals surface area contributed by atoms with Crippen molar-refractivity contribution in [3.05, 3.63) is 36.0 Å². The molecule has 0 aliphatic carbocycles. The normalized spacial score (nSPS) is 12.3. The summed E-state index contributed by atoms with van der Waals surface area (Å²) in [5.41, 5.74) is 7.79. The van der Waals surface area contributed by atoms with Gasteiger partial charge in [0.15, 0.2) is 0 Å². The van der Waals surface area contributed by atoms with Crippen LogP contribution in [0.2, 0.25) is 0 Å². The lowest BCUT2D eigenvalue weighted by Crippen LogP contribution is -2.36. The van der Waals surface area contributed by atoms with Gasteiger partial charge in [-0.3, -0.25) is 4.79 Å². The molecule has 4 nitrogen and oxygen atoms in total. The minimum Gasteiger partial charge on any atom is -0.398 e. The third-order valence-electron chi connectivity index (χ3n) is 3.69. The van der Waals surface area contributed by atoms with Gasteiger partial charge in [-0.05, 0) is 37.5 Å². The molecule has 2 N–H and O–H groups in total. The molecule has 112 valence electrons. The number of benzene rings is 1. The van der Waals surface area contributed by atoms with Crippen LogP contribution in [0.3, 0.4) is 0 Å². The van der Waals surface area contributed by atoms with Crippen LogP contribution in [0.5, 0.6) is 0 Å². The number of carbonyl (C=O) groups excluding carboxylic acids is 1. The molecule has 1 unspecified atom stereocenters. The number of fused-ring (bicyclic) bond motifs is 1. The summed E-state index contributed by atoms with van der Waals surface area (Å²) in [7, 11) is 1.82. The van der Waals surface area contributed by atoms with Gasteiger partial charge in [-0.25, -0.2) is 4.98 Å². The van der Waals surface area contributed by atoms with E-state index in [0.717, 1.165) is 23.1 Å². The van der Waals surface area contributed by atoms with Gasteiger partial charge >= 0.3 is 0 Å². The molecule has 1 aromatic heterocycles. The van der Waals surface area contributed by atoms with E-state index in [2.05, 4.69) is 18.2 Å². The number of thioether (sulfide) groups is 1. The summed E-state index contributed by atoms with van der Waals surface area (Å²) in [4.78, 5) is 18.7. The number of nitrogens with zero attached hydrogens (tertiary/aromatic N) is 2. The molecule has 0 radical (unpaired) electrons. The van der Waals surface area contributed by atoms with Crippen LogP contribution in [-0.4, -0.2) is 40.9 Å².